The Morgan fingerprint density at radius 2 is 2.19 bits per heavy atom. The molecule has 0 aliphatic heterocycles. The monoisotopic (exact) mass is 222 g/mol. The standard InChI is InChI=1S/C11H14N2O3/c1-7(11(15)16)13-10(14)6-8-4-2-3-5-9(8)12-13/h6-7H,2-5H2,1H3,(H,15,16). The van der Waals surface area contributed by atoms with Crippen LogP contribution in [0.3, 0.4) is 0 Å². The van der Waals surface area contributed by atoms with Crippen molar-refractivity contribution < 1.29 is 9.90 Å². The summed E-state index contributed by atoms with van der Waals surface area (Å²) in [6.45, 7) is 1.46. The molecule has 1 atom stereocenters. The van der Waals surface area contributed by atoms with Crippen LogP contribution in [0.1, 0.15) is 37.1 Å². The summed E-state index contributed by atoms with van der Waals surface area (Å²) in [5.41, 5.74) is 1.53. The lowest BCUT2D eigenvalue weighted by molar-refractivity contribution is -0.140. The molecule has 1 unspecified atom stereocenters. The molecule has 0 saturated carbocycles. The number of carboxylic acids is 1. The van der Waals surface area contributed by atoms with Gasteiger partial charge in [-0.15, -0.1) is 0 Å². The van der Waals surface area contributed by atoms with Gasteiger partial charge < -0.3 is 5.11 Å². The minimum Gasteiger partial charge on any atom is -0.480 e. The summed E-state index contributed by atoms with van der Waals surface area (Å²) in [5.74, 6) is -1.04. The molecule has 1 aromatic rings. The highest BCUT2D eigenvalue weighted by molar-refractivity contribution is 5.71. The molecule has 5 nitrogen and oxygen atoms in total. The highest BCUT2D eigenvalue weighted by Gasteiger charge is 2.19. The summed E-state index contributed by atoms with van der Waals surface area (Å²) in [6.07, 6.45) is 3.84. The Morgan fingerprint density at radius 3 is 2.88 bits per heavy atom. The van der Waals surface area contributed by atoms with Crippen LogP contribution in [0.25, 0.3) is 0 Å². The van der Waals surface area contributed by atoms with Gasteiger partial charge in [-0.1, -0.05) is 0 Å². The molecule has 0 fully saturated rings. The van der Waals surface area contributed by atoms with E-state index in [1.807, 2.05) is 0 Å². The number of aryl methyl sites for hydroxylation is 2. The number of rotatable bonds is 2. The zero-order valence-electron chi connectivity index (χ0n) is 9.14. The molecule has 1 aromatic heterocycles. The summed E-state index contributed by atoms with van der Waals surface area (Å²) >= 11 is 0. The lowest BCUT2D eigenvalue weighted by Gasteiger charge is -2.17. The molecule has 1 heterocycles. The minimum atomic E-state index is -1.04. The Kier molecular flexibility index (Phi) is 2.77. The summed E-state index contributed by atoms with van der Waals surface area (Å²) in [5, 5.41) is 13.0. The third-order valence-corrected chi connectivity index (χ3v) is 2.96. The van der Waals surface area contributed by atoms with E-state index in [1.54, 1.807) is 0 Å². The Bertz CT molecular complexity index is 479. The first-order valence-electron chi connectivity index (χ1n) is 5.44. The topological polar surface area (TPSA) is 72.2 Å². The van der Waals surface area contributed by atoms with E-state index in [0.29, 0.717) is 0 Å². The summed E-state index contributed by atoms with van der Waals surface area (Å²) in [6, 6.07) is 0.626. The van der Waals surface area contributed by atoms with Crippen LogP contribution in [-0.2, 0) is 17.6 Å². The average Bonchev–Trinajstić information content (AvgIpc) is 2.27. The first kappa shape index (κ1) is 10.9. The molecule has 1 aliphatic carbocycles. The molecule has 0 bridgehead atoms. The number of hydrogen-bond acceptors (Lipinski definition) is 3. The Morgan fingerprint density at radius 1 is 1.50 bits per heavy atom. The lowest BCUT2D eigenvalue weighted by Crippen LogP contribution is -2.32. The zero-order chi connectivity index (χ0) is 11.7. The number of aliphatic carboxylic acids is 1. The van der Waals surface area contributed by atoms with Gasteiger partial charge in [0, 0.05) is 6.07 Å². The predicted octanol–water partition coefficient (Wildman–Crippen LogP) is 0.768. The molecule has 0 radical (unpaired) electrons. The molecule has 0 spiro atoms. The van der Waals surface area contributed by atoms with Gasteiger partial charge >= 0.3 is 5.97 Å². The fourth-order valence-corrected chi connectivity index (χ4v) is 1.96. The van der Waals surface area contributed by atoms with E-state index in [2.05, 4.69) is 5.10 Å². The largest absolute Gasteiger partial charge is 0.480 e. The molecule has 0 aromatic carbocycles. The number of carbonyl (C=O) groups is 1. The normalized spacial score (nSPS) is 16.6. The molecule has 0 saturated heterocycles. The molecule has 86 valence electrons. The summed E-state index contributed by atoms with van der Waals surface area (Å²) < 4.78 is 1.06. The smallest absolute Gasteiger partial charge is 0.328 e. The van der Waals surface area contributed by atoms with Crippen molar-refractivity contribution in [3.8, 4) is 0 Å². The van der Waals surface area contributed by atoms with Crippen molar-refractivity contribution in [2.24, 2.45) is 0 Å². The second-order valence-electron chi connectivity index (χ2n) is 4.12. The maximum atomic E-state index is 11.7. The van der Waals surface area contributed by atoms with Crippen LogP contribution in [0.5, 0.6) is 0 Å². The molecule has 1 N–H and O–H groups in total. The van der Waals surface area contributed by atoms with Crippen LogP contribution in [0.4, 0.5) is 0 Å². The third-order valence-electron chi connectivity index (χ3n) is 2.96. The molecule has 1 aliphatic rings. The quantitative estimate of drug-likeness (QED) is 0.802. The first-order valence-corrected chi connectivity index (χ1v) is 5.44. The number of carboxylic acid groups (broad SMARTS) is 1. The maximum Gasteiger partial charge on any atom is 0.328 e. The van der Waals surface area contributed by atoms with Crippen molar-refractivity contribution in [1.29, 1.82) is 0 Å². The van der Waals surface area contributed by atoms with Gasteiger partial charge in [0.2, 0.25) is 0 Å². The fraction of sp³-hybridized carbons (Fsp3) is 0.545. The van der Waals surface area contributed by atoms with Crippen LogP contribution < -0.4 is 5.56 Å². The summed E-state index contributed by atoms with van der Waals surface area (Å²) in [4.78, 5) is 22.5. The number of nitrogens with zero attached hydrogens (tertiary/aromatic N) is 2. The van der Waals surface area contributed by atoms with Gasteiger partial charge in [0.05, 0.1) is 5.69 Å². The van der Waals surface area contributed by atoms with E-state index in [1.165, 1.54) is 13.0 Å². The van der Waals surface area contributed by atoms with Crippen molar-refractivity contribution >= 4 is 5.97 Å². The lowest BCUT2D eigenvalue weighted by atomic mass is 9.97. The van der Waals surface area contributed by atoms with E-state index >= 15 is 0 Å². The van der Waals surface area contributed by atoms with E-state index in [0.717, 1.165) is 41.6 Å². The van der Waals surface area contributed by atoms with E-state index in [9.17, 15) is 9.59 Å². The first-order chi connectivity index (χ1) is 7.59. The molecule has 5 heteroatoms. The maximum absolute atomic E-state index is 11.7. The second kappa shape index (κ2) is 4.08. The highest BCUT2D eigenvalue weighted by atomic mass is 16.4. The Balaban J connectivity index is 2.47. The Labute approximate surface area is 92.7 Å². The number of hydrogen-bond donors (Lipinski definition) is 1. The predicted molar refractivity (Wildman–Crippen MR) is 57.5 cm³/mol. The van der Waals surface area contributed by atoms with Gasteiger partial charge in [0.25, 0.3) is 5.56 Å². The van der Waals surface area contributed by atoms with Gasteiger partial charge in [-0.2, -0.15) is 5.10 Å². The van der Waals surface area contributed by atoms with Crippen LogP contribution >= 0.6 is 0 Å². The van der Waals surface area contributed by atoms with Crippen molar-refractivity contribution in [1.82, 2.24) is 9.78 Å². The van der Waals surface area contributed by atoms with Gasteiger partial charge in [-0.25, -0.2) is 9.48 Å². The van der Waals surface area contributed by atoms with Crippen molar-refractivity contribution in [3.05, 3.63) is 27.7 Å². The van der Waals surface area contributed by atoms with E-state index < -0.39 is 12.0 Å². The van der Waals surface area contributed by atoms with Crippen LogP contribution in [0.15, 0.2) is 10.9 Å². The molecular formula is C11H14N2O3. The Hall–Kier alpha value is -1.65. The van der Waals surface area contributed by atoms with Crippen LogP contribution in [0, 0.1) is 0 Å². The summed E-state index contributed by atoms with van der Waals surface area (Å²) in [7, 11) is 0. The third kappa shape index (κ3) is 1.85. The molecular weight excluding hydrogens is 208 g/mol. The van der Waals surface area contributed by atoms with Crippen LogP contribution in [-0.4, -0.2) is 20.9 Å². The fourth-order valence-electron chi connectivity index (χ4n) is 1.96. The van der Waals surface area contributed by atoms with Crippen molar-refractivity contribution in [2.75, 3.05) is 0 Å². The van der Waals surface area contributed by atoms with Gasteiger partial charge in [0.1, 0.15) is 0 Å². The molecule has 0 amide bonds. The van der Waals surface area contributed by atoms with E-state index in [-0.39, 0.29) is 5.56 Å². The van der Waals surface area contributed by atoms with Gasteiger partial charge in [0.15, 0.2) is 6.04 Å². The zero-order valence-corrected chi connectivity index (χ0v) is 9.14. The number of fused-ring (bicyclic) bond motifs is 1. The van der Waals surface area contributed by atoms with E-state index in [4.69, 9.17) is 5.11 Å². The number of aromatic nitrogens is 2. The minimum absolute atomic E-state index is 0.324. The molecule has 16 heavy (non-hydrogen) atoms. The average molecular weight is 222 g/mol. The van der Waals surface area contributed by atoms with Crippen LogP contribution in [0.2, 0.25) is 0 Å². The SMILES string of the molecule is CC(C(=O)O)n1nc2c(cc1=O)CCCC2. The van der Waals surface area contributed by atoms with Gasteiger partial charge in [-0.05, 0) is 38.2 Å². The van der Waals surface area contributed by atoms with Crippen molar-refractivity contribution in [2.45, 2.75) is 38.6 Å². The van der Waals surface area contributed by atoms with Crippen molar-refractivity contribution in [3.63, 3.8) is 0 Å². The molecule has 2 rings (SSSR count). The second-order valence-corrected chi connectivity index (χ2v) is 4.12. The highest BCUT2D eigenvalue weighted by Crippen LogP contribution is 2.17. The van der Waals surface area contributed by atoms with Gasteiger partial charge in [-0.3, -0.25) is 4.79 Å².